The highest BCUT2D eigenvalue weighted by Crippen LogP contribution is 2.35. The van der Waals surface area contributed by atoms with E-state index < -0.39 is 23.6 Å². The van der Waals surface area contributed by atoms with E-state index in [4.69, 9.17) is 0 Å². The molecule has 0 N–H and O–H groups in total. The van der Waals surface area contributed by atoms with Crippen molar-refractivity contribution < 1.29 is 22.8 Å². The van der Waals surface area contributed by atoms with Crippen LogP contribution in [0.4, 0.5) is 18.9 Å². The van der Waals surface area contributed by atoms with Gasteiger partial charge < -0.3 is 4.74 Å². The third-order valence-electron chi connectivity index (χ3n) is 2.18. The zero-order valence-corrected chi connectivity index (χ0v) is 8.90. The first kappa shape index (κ1) is 13.4. The fourth-order valence-corrected chi connectivity index (χ4v) is 1.46. The molecule has 1 aromatic rings. The van der Waals surface area contributed by atoms with Gasteiger partial charge in [0.1, 0.15) is 0 Å². The van der Waals surface area contributed by atoms with E-state index in [-0.39, 0.29) is 11.3 Å². The van der Waals surface area contributed by atoms with Gasteiger partial charge in [0.15, 0.2) is 0 Å². The smallest absolute Gasteiger partial charge is 0.376 e. The summed E-state index contributed by atoms with van der Waals surface area (Å²) in [5.74, 6) is 0. The van der Waals surface area contributed by atoms with Crippen LogP contribution in [0.5, 0.6) is 0 Å². The summed E-state index contributed by atoms with van der Waals surface area (Å²) in [6.45, 7) is 0. The van der Waals surface area contributed by atoms with Crippen molar-refractivity contribution in [3.63, 3.8) is 0 Å². The fourth-order valence-electron chi connectivity index (χ4n) is 1.46. The van der Waals surface area contributed by atoms with Crippen molar-refractivity contribution in [3.8, 4) is 0 Å². The van der Waals surface area contributed by atoms with Crippen molar-refractivity contribution in [1.82, 2.24) is 0 Å². The summed E-state index contributed by atoms with van der Waals surface area (Å²) in [6, 6.07) is 5.24. The van der Waals surface area contributed by atoms with Crippen LogP contribution < -0.4 is 0 Å². The summed E-state index contributed by atoms with van der Waals surface area (Å²) in [4.78, 5) is 9.95. The van der Waals surface area contributed by atoms with Crippen molar-refractivity contribution in [3.05, 3.63) is 39.9 Å². The van der Waals surface area contributed by atoms with Gasteiger partial charge in [0.2, 0.25) is 0 Å². The van der Waals surface area contributed by atoms with Crippen molar-refractivity contribution in [2.75, 3.05) is 7.11 Å². The molecule has 0 bridgehead atoms. The van der Waals surface area contributed by atoms with E-state index in [0.29, 0.717) is 0 Å². The Morgan fingerprint density at radius 3 is 2.47 bits per heavy atom. The minimum absolute atomic E-state index is 0.0719. The number of alkyl halides is 3. The summed E-state index contributed by atoms with van der Waals surface area (Å²) in [5.41, 5.74) is -0.444. The van der Waals surface area contributed by atoms with Crippen molar-refractivity contribution in [1.29, 1.82) is 0 Å². The highest BCUT2D eigenvalue weighted by atomic mass is 19.4. The van der Waals surface area contributed by atoms with Crippen LogP contribution in [0.3, 0.4) is 0 Å². The van der Waals surface area contributed by atoms with Gasteiger partial charge in [0.05, 0.1) is 23.0 Å². The Hall–Kier alpha value is -1.63. The number of ether oxygens (including phenoxy) is 1. The van der Waals surface area contributed by atoms with Crippen LogP contribution in [0, 0.1) is 10.1 Å². The first-order valence-electron chi connectivity index (χ1n) is 4.68. The Balaban J connectivity index is 3.07. The quantitative estimate of drug-likeness (QED) is 0.608. The maximum absolute atomic E-state index is 12.3. The van der Waals surface area contributed by atoms with Crippen LogP contribution >= 0.6 is 0 Å². The molecule has 0 spiro atoms. The predicted octanol–water partition coefficient (Wildman–Crippen LogP) is 3.23. The van der Waals surface area contributed by atoms with Crippen molar-refractivity contribution >= 4 is 5.69 Å². The average molecular weight is 249 g/mol. The van der Waals surface area contributed by atoms with Gasteiger partial charge in [-0.1, -0.05) is 12.1 Å². The molecule has 0 aliphatic carbocycles. The molecule has 0 aliphatic heterocycles. The maximum atomic E-state index is 12.3. The Kier molecular flexibility index (Phi) is 4.06. The number of rotatable bonds is 4. The second-order valence-corrected chi connectivity index (χ2v) is 3.36. The maximum Gasteiger partial charge on any atom is 0.391 e. The molecule has 0 saturated heterocycles. The lowest BCUT2D eigenvalue weighted by molar-refractivity contribution is -0.386. The Morgan fingerprint density at radius 1 is 1.41 bits per heavy atom. The summed E-state index contributed by atoms with van der Waals surface area (Å²) in [7, 11) is 1.09. The Bertz CT molecular complexity index is 406. The minimum Gasteiger partial charge on any atom is -0.376 e. The molecule has 7 heteroatoms. The third-order valence-corrected chi connectivity index (χ3v) is 2.18. The monoisotopic (exact) mass is 249 g/mol. The molecule has 0 heterocycles. The SMILES string of the molecule is COC(CC(F)(F)F)c1ccccc1[N+](=O)[O-]. The standard InChI is InChI=1S/C10H10F3NO3/c1-17-9(6-10(11,12)13)7-4-2-3-5-8(7)14(15)16/h2-5,9H,6H2,1H3. The second kappa shape index (κ2) is 5.13. The Morgan fingerprint density at radius 2 is 2.00 bits per heavy atom. The van der Waals surface area contributed by atoms with E-state index in [9.17, 15) is 23.3 Å². The first-order valence-corrected chi connectivity index (χ1v) is 4.68. The molecular formula is C10H10F3NO3. The van der Waals surface area contributed by atoms with Gasteiger partial charge in [-0.15, -0.1) is 0 Å². The van der Waals surface area contributed by atoms with Crippen LogP contribution in [0.2, 0.25) is 0 Å². The molecule has 1 unspecified atom stereocenters. The summed E-state index contributed by atoms with van der Waals surface area (Å²) in [5, 5.41) is 10.7. The summed E-state index contributed by atoms with van der Waals surface area (Å²) >= 11 is 0. The molecule has 17 heavy (non-hydrogen) atoms. The first-order chi connectivity index (χ1) is 7.85. The molecular weight excluding hydrogens is 239 g/mol. The van der Waals surface area contributed by atoms with Crippen LogP contribution in [-0.2, 0) is 4.74 Å². The molecule has 0 saturated carbocycles. The van der Waals surface area contributed by atoms with E-state index in [1.807, 2.05) is 0 Å². The van der Waals surface area contributed by atoms with Gasteiger partial charge in [-0.05, 0) is 6.07 Å². The van der Waals surface area contributed by atoms with E-state index >= 15 is 0 Å². The van der Waals surface area contributed by atoms with Crippen molar-refractivity contribution in [2.45, 2.75) is 18.7 Å². The number of para-hydroxylation sites is 1. The van der Waals surface area contributed by atoms with Gasteiger partial charge >= 0.3 is 6.18 Å². The number of hydrogen-bond acceptors (Lipinski definition) is 3. The molecule has 0 fully saturated rings. The zero-order valence-electron chi connectivity index (χ0n) is 8.90. The lowest BCUT2D eigenvalue weighted by Gasteiger charge is -2.17. The van der Waals surface area contributed by atoms with E-state index in [2.05, 4.69) is 4.74 Å². The van der Waals surface area contributed by atoms with Gasteiger partial charge in [-0.25, -0.2) is 0 Å². The zero-order chi connectivity index (χ0) is 13.1. The van der Waals surface area contributed by atoms with Crippen LogP contribution in [0.25, 0.3) is 0 Å². The van der Waals surface area contributed by atoms with E-state index in [1.54, 1.807) is 0 Å². The number of nitrogens with zero attached hydrogens (tertiary/aromatic N) is 1. The molecule has 1 aromatic carbocycles. The molecule has 1 rings (SSSR count). The normalized spacial score (nSPS) is 13.4. The van der Waals surface area contributed by atoms with Gasteiger partial charge in [0, 0.05) is 13.2 Å². The predicted molar refractivity (Wildman–Crippen MR) is 53.5 cm³/mol. The van der Waals surface area contributed by atoms with Crippen LogP contribution in [-0.4, -0.2) is 18.2 Å². The number of methoxy groups -OCH3 is 1. The molecule has 0 amide bonds. The molecule has 94 valence electrons. The summed E-state index contributed by atoms with van der Waals surface area (Å²) < 4.78 is 41.5. The number of nitro benzene ring substituents is 1. The molecule has 0 aromatic heterocycles. The van der Waals surface area contributed by atoms with Gasteiger partial charge in [0.25, 0.3) is 5.69 Å². The number of hydrogen-bond donors (Lipinski definition) is 0. The molecule has 0 radical (unpaired) electrons. The Labute approximate surface area is 95.2 Å². The van der Waals surface area contributed by atoms with E-state index in [1.165, 1.54) is 18.2 Å². The van der Waals surface area contributed by atoms with Gasteiger partial charge in [-0.3, -0.25) is 10.1 Å². The highest BCUT2D eigenvalue weighted by Gasteiger charge is 2.35. The number of nitro groups is 1. The van der Waals surface area contributed by atoms with E-state index in [0.717, 1.165) is 13.2 Å². The van der Waals surface area contributed by atoms with Crippen molar-refractivity contribution in [2.24, 2.45) is 0 Å². The lowest BCUT2D eigenvalue weighted by Crippen LogP contribution is -2.16. The average Bonchev–Trinajstić information content (AvgIpc) is 2.24. The van der Waals surface area contributed by atoms with Crippen LogP contribution in [0.1, 0.15) is 18.1 Å². The summed E-state index contributed by atoms with van der Waals surface area (Å²) in [6.07, 6.45) is -7.06. The highest BCUT2D eigenvalue weighted by molar-refractivity contribution is 5.41. The third kappa shape index (κ3) is 3.70. The second-order valence-electron chi connectivity index (χ2n) is 3.36. The van der Waals surface area contributed by atoms with Crippen LogP contribution in [0.15, 0.2) is 24.3 Å². The van der Waals surface area contributed by atoms with Gasteiger partial charge in [-0.2, -0.15) is 13.2 Å². The number of halogens is 3. The lowest BCUT2D eigenvalue weighted by atomic mass is 10.0. The molecule has 4 nitrogen and oxygen atoms in total. The largest absolute Gasteiger partial charge is 0.391 e. The topological polar surface area (TPSA) is 52.4 Å². The molecule has 1 atom stereocenters. The fraction of sp³-hybridized carbons (Fsp3) is 0.400. The molecule has 0 aliphatic rings. The minimum atomic E-state index is -4.44. The number of benzene rings is 1.